The number of carbonyl (C=O) groups excluding carboxylic acids is 2. The average Bonchev–Trinajstić information content (AvgIpc) is 2.95. The fraction of sp³-hybridized carbons (Fsp3) is 0.355. The summed E-state index contributed by atoms with van der Waals surface area (Å²) >= 11 is 0. The molecule has 2 heterocycles. The van der Waals surface area contributed by atoms with Crippen molar-refractivity contribution in [2.24, 2.45) is 0 Å². The van der Waals surface area contributed by atoms with Gasteiger partial charge in [-0.2, -0.15) is 0 Å². The number of rotatable bonds is 11. The molecule has 0 saturated carbocycles. The molecular formula is C31H35N3O6. The third kappa shape index (κ3) is 7.37. The fourth-order valence-corrected chi connectivity index (χ4v) is 4.71. The first-order valence-corrected chi connectivity index (χ1v) is 13.5. The van der Waals surface area contributed by atoms with Gasteiger partial charge in [0.15, 0.2) is 0 Å². The number of nitrogens with one attached hydrogen (secondary N) is 1. The molecule has 0 bridgehead atoms. The van der Waals surface area contributed by atoms with Crippen molar-refractivity contribution in [1.82, 2.24) is 10.3 Å². The molecule has 0 radical (unpaired) electrons. The molecule has 4 rings (SSSR count). The number of hydrogen-bond donors (Lipinski definition) is 2. The predicted octanol–water partition coefficient (Wildman–Crippen LogP) is 5.20. The van der Waals surface area contributed by atoms with Gasteiger partial charge in [-0.1, -0.05) is 30.3 Å². The number of benzene rings is 2. The number of hydrogen-bond acceptors (Lipinski definition) is 6. The second-order valence-electron chi connectivity index (χ2n) is 9.79. The highest BCUT2D eigenvalue weighted by molar-refractivity contribution is 5.96. The number of fused-ring (bicyclic) bond motifs is 1. The van der Waals surface area contributed by atoms with Gasteiger partial charge in [-0.15, -0.1) is 0 Å². The monoisotopic (exact) mass is 545 g/mol. The second-order valence-corrected chi connectivity index (χ2v) is 9.79. The third-order valence-corrected chi connectivity index (χ3v) is 6.99. The van der Waals surface area contributed by atoms with Crippen LogP contribution in [0.15, 0.2) is 54.7 Å². The van der Waals surface area contributed by atoms with Gasteiger partial charge < -0.3 is 24.8 Å². The molecular weight excluding hydrogens is 510 g/mol. The number of aryl methyl sites for hydroxylation is 1. The summed E-state index contributed by atoms with van der Waals surface area (Å²) < 4.78 is 11.0. The van der Waals surface area contributed by atoms with Gasteiger partial charge in [-0.25, -0.2) is 4.79 Å². The van der Waals surface area contributed by atoms with Crippen LogP contribution in [0.25, 0.3) is 11.1 Å². The fourth-order valence-electron chi connectivity index (χ4n) is 4.71. The molecule has 0 spiro atoms. The summed E-state index contributed by atoms with van der Waals surface area (Å²) in [7, 11) is 0. The summed E-state index contributed by atoms with van der Waals surface area (Å²) in [6.07, 6.45) is 3.68. The number of pyridine rings is 1. The Bertz CT molecular complexity index is 1360. The average molecular weight is 546 g/mol. The summed E-state index contributed by atoms with van der Waals surface area (Å²) in [5.41, 5.74) is 6.89. The van der Waals surface area contributed by atoms with Crippen LogP contribution in [0.5, 0.6) is 5.75 Å². The number of alkyl carbamates (subject to hydrolysis) is 1. The second kappa shape index (κ2) is 13.6. The molecule has 1 aromatic heterocycles. The highest BCUT2D eigenvalue weighted by Gasteiger charge is 2.24. The van der Waals surface area contributed by atoms with E-state index in [1.165, 1.54) is 5.56 Å². The van der Waals surface area contributed by atoms with E-state index in [0.717, 1.165) is 46.5 Å². The van der Waals surface area contributed by atoms with E-state index in [2.05, 4.69) is 23.3 Å². The van der Waals surface area contributed by atoms with E-state index in [-0.39, 0.29) is 25.5 Å². The van der Waals surface area contributed by atoms with Gasteiger partial charge >= 0.3 is 12.1 Å². The predicted molar refractivity (Wildman–Crippen MR) is 151 cm³/mol. The first-order valence-electron chi connectivity index (χ1n) is 13.5. The Hall–Kier alpha value is -4.40. The summed E-state index contributed by atoms with van der Waals surface area (Å²) in [5.74, 6) is -0.0350. The Kier molecular flexibility index (Phi) is 9.72. The van der Waals surface area contributed by atoms with E-state index in [4.69, 9.17) is 14.6 Å². The van der Waals surface area contributed by atoms with E-state index in [1.54, 1.807) is 12.3 Å². The normalized spacial score (nSPS) is 12.4. The third-order valence-electron chi connectivity index (χ3n) is 6.99. The van der Waals surface area contributed by atoms with Crippen LogP contribution in [0, 0.1) is 13.8 Å². The van der Waals surface area contributed by atoms with Crippen LogP contribution >= 0.6 is 0 Å². The smallest absolute Gasteiger partial charge is 0.407 e. The van der Waals surface area contributed by atoms with Gasteiger partial charge in [-0.05, 0) is 73.6 Å². The summed E-state index contributed by atoms with van der Waals surface area (Å²) in [4.78, 5) is 41.8. The van der Waals surface area contributed by atoms with Gasteiger partial charge in [-0.3, -0.25) is 14.6 Å². The molecule has 40 heavy (non-hydrogen) atoms. The highest BCUT2D eigenvalue weighted by Crippen LogP contribution is 2.35. The molecule has 3 aromatic rings. The highest BCUT2D eigenvalue weighted by atomic mass is 16.5. The first kappa shape index (κ1) is 28.6. The number of aliphatic carboxylic acids is 1. The van der Waals surface area contributed by atoms with Crippen LogP contribution in [-0.4, -0.2) is 47.8 Å². The number of carboxylic acids is 1. The van der Waals surface area contributed by atoms with Crippen molar-refractivity contribution in [2.45, 2.75) is 52.6 Å². The topological polar surface area (TPSA) is 118 Å². The van der Waals surface area contributed by atoms with Crippen LogP contribution in [-0.2, 0) is 27.4 Å². The van der Waals surface area contributed by atoms with Gasteiger partial charge in [0.2, 0.25) is 5.91 Å². The standard InChI is InChI=1S/C31H35N3O6/c1-21-7-3-11-28(22(21)2)39-18-6-12-29(35)34-17-5-9-26-25(8-4-10-27(26)34)23-13-14-24(33-19-23)20-40-31(38)32-16-15-30(36)37/h3-4,7-8,10-11,13-14,19H,5-6,9,12,15-18,20H2,1-2H3,(H,32,38)(H,36,37). The lowest BCUT2D eigenvalue weighted by Gasteiger charge is -2.31. The molecule has 1 aliphatic rings. The Balaban J connectivity index is 1.34. The zero-order valence-electron chi connectivity index (χ0n) is 22.9. The van der Waals surface area contributed by atoms with Crippen molar-refractivity contribution in [1.29, 1.82) is 0 Å². The van der Waals surface area contributed by atoms with Crippen LogP contribution < -0.4 is 15.0 Å². The van der Waals surface area contributed by atoms with Crippen LogP contribution in [0.1, 0.15) is 48.1 Å². The minimum atomic E-state index is -0.994. The lowest BCUT2D eigenvalue weighted by atomic mass is 9.92. The van der Waals surface area contributed by atoms with Gasteiger partial charge in [0.25, 0.3) is 0 Å². The summed E-state index contributed by atoms with van der Waals surface area (Å²) in [6.45, 7) is 5.25. The zero-order chi connectivity index (χ0) is 28.5. The SMILES string of the molecule is Cc1cccc(OCCCC(=O)N2CCCc3c(-c4ccc(COC(=O)NCCC(=O)O)nc4)cccc32)c1C. The van der Waals surface area contributed by atoms with Crippen molar-refractivity contribution < 1.29 is 29.0 Å². The number of aromatic nitrogens is 1. The van der Waals surface area contributed by atoms with E-state index in [0.29, 0.717) is 31.7 Å². The molecule has 2 amide bonds. The largest absolute Gasteiger partial charge is 0.493 e. The van der Waals surface area contributed by atoms with Crippen molar-refractivity contribution in [3.63, 3.8) is 0 Å². The molecule has 0 atom stereocenters. The minimum absolute atomic E-state index is 0.0000537. The maximum atomic E-state index is 13.2. The maximum Gasteiger partial charge on any atom is 0.407 e. The molecule has 210 valence electrons. The number of anilines is 1. The Labute approximate surface area is 234 Å². The molecule has 9 nitrogen and oxygen atoms in total. The van der Waals surface area contributed by atoms with Crippen LogP contribution in [0.3, 0.4) is 0 Å². The van der Waals surface area contributed by atoms with E-state index in [1.807, 2.05) is 48.2 Å². The van der Waals surface area contributed by atoms with Gasteiger partial charge in [0.05, 0.1) is 18.7 Å². The van der Waals surface area contributed by atoms with Crippen molar-refractivity contribution >= 4 is 23.7 Å². The molecule has 0 unspecified atom stereocenters. The number of carbonyl (C=O) groups is 3. The van der Waals surface area contributed by atoms with E-state index < -0.39 is 12.1 Å². The number of amides is 2. The lowest BCUT2D eigenvalue weighted by Crippen LogP contribution is -2.35. The van der Waals surface area contributed by atoms with Crippen LogP contribution in [0.2, 0.25) is 0 Å². The Morgan fingerprint density at radius 3 is 2.65 bits per heavy atom. The first-order chi connectivity index (χ1) is 19.3. The van der Waals surface area contributed by atoms with Crippen molar-refractivity contribution in [3.8, 4) is 16.9 Å². The Morgan fingerprint density at radius 2 is 1.88 bits per heavy atom. The molecule has 1 aliphatic heterocycles. The quantitative estimate of drug-likeness (QED) is 0.318. The molecule has 2 N–H and O–H groups in total. The minimum Gasteiger partial charge on any atom is -0.493 e. The van der Waals surface area contributed by atoms with E-state index >= 15 is 0 Å². The molecule has 9 heteroatoms. The van der Waals surface area contributed by atoms with Crippen molar-refractivity contribution in [2.75, 3.05) is 24.6 Å². The molecule has 2 aromatic carbocycles. The number of nitrogens with zero attached hydrogens (tertiary/aromatic N) is 2. The van der Waals surface area contributed by atoms with Crippen molar-refractivity contribution in [3.05, 3.63) is 77.1 Å². The molecule has 0 saturated heterocycles. The van der Waals surface area contributed by atoms with E-state index in [9.17, 15) is 14.4 Å². The Morgan fingerprint density at radius 1 is 1.05 bits per heavy atom. The zero-order valence-corrected chi connectivity index (χ0v) is 22.9. The summed E-state index contributed by atoms with van der Waals surface area (Å²) in [6, 6.07) is 15.7. The van der Waals surface area contributed by atoms with Gasteiger partial charge in [0.1, 0.15) is 12.4 Å². The molecule has 0 fully saturated rings. The van der Waals surface area contributed by atoms with Gasteiger partial charge in [0, 0.05) is 37.0 Å². The number of ether oxygens (including phenoxy) is 2. The summed E-state index contributed by atoms with van der Waals surface area (Å²) in [5, 5.41) is 11.0. The molecule has 0 aliphatic carbocycles. The van der Waals surface area contributed by atoms with Crippen LogP contribution in [0.4, 0.5) is 10.5 Å². The maximum absolute atomic E-state index is 13.2. The number of carboxylic acid groups (broad SMARTS) is 1. The lowest BCUT2D eigenvalue weighted by molar-refractivity contribution is -0.136.